The molecular weight excluding hydrogens is 264 g/mol. The summed E-state index contributed by atoms with van der Waals surface area (Å²) in [7, 11) is 0. The second-order valence-corrected chi connectivity index (χ2v) is 5.90. The number of hydrogen-bond acceptors (Lipinski definition) is 5. The normalized spacial score (nSPS) is 18.0. The highest BCUT2D eigenvalue weighted by atomic mass is 16.3. The third-order valence-electron chi connectivity index (χ3n) is 4.66. The summed E-state index contributed by atoms with van der Waals surface area (Å²) < 4.78 is 0. The van der Waals surface area contributed by atoms with Gasteiger partial charge in [-0.2, -0.15) is 5.10 Å². The van der Waals surface area contributed by atoms with Gasteiger partial charge in [-0.05, 0) is 44.1 Å². The molecule has 5 nitrogen and oxygen atoms in total. The minimum absolute atomic E-state index is 0.221. The topological polar surface area (TPSA) is 75.3 Å². The molecule has 1 unspecified atom stereocenters. The quantitative estimate of drug-likeness (QED) is 0.863. The molecular formula is C16H28N4O. The van der Waals surface area contributed by atoms with E-state index in [1.807, 2.05) is 6.92 Å². The average molecular weight is 292 g/mol. The molecule has 0 spiro atoms. The van der Waals surface area contributed by atoms with Crippen LogP contribution in [0.15, 0.2) is 0 Å². The van der Waals surface area contributed by atoms with E-state index in [0.29, 0.717) is 12.5 Å². The average Bonchev–Trinajstić information content (AvgIpc) is 2.53. The van der Waals surface area contributed by atoms with Gasteiger partial charge in [0.15, 0.2) is 5.82 Å². The van der Waals surface area contributed by atoms with Gasteiger partial charge in [0.2, 0.25) is 0 Å². The highest BCUT2D eigenvalue weighted by Gasteiger charge is 2.26. The molecule has 118 valence electrons. The summed E-state index contributed by atoms with van der Waals surface area (Å²) in [4.78, 5) is 2.28. The van der Waals surface area contributed by atoms with Crippen LogP contribution in [-0.4, -0.2) is 34.5 Å². The number of anilines is 1. The van der Waals surface area contributed by atoms with Crippen LogP contribution in [0.4, 0.5) is 5.82 Å². The summed E-state index contributed by atoms with van der Waals surface area (Å²) in [6, 6.07) is 0. The number of aliphatic hydroxyl groups is 1. The first kappa shape index (κ1) is 16.2. The van der Waals surface area contributed by atoms with Gasteiger partial charge in [0, 0.05) is 25.2 Å². The van der Waals surface area contributed by atoms with Crippen molar-refractivity contribution < 1.29 is 5.11 Å². The number of aromatic nitrogens is 2. The van der Waals surface area contributed by atoms with E-state index in [1.165, 1.54) is 5.56 Å². The number of rotatable bonds is 5. The van der Waals surface area contributed by atoms with E-state index in [2.05, 4.69) is 28.9 Å². The molecule has 1 aliphatic rings. The van der Waals surface area contributed by atoms with Crippen LogP contribution in [0.1, 0.15) is 50.4 Å². The first-order chi connectivity index (χ1) is 10.1. The Morgan fingerprint density at radius 3 is 2.33 bits per heavy atom. The molecule has 21 heavy (non-hydrogen) atoms. The van der Waals surface area contributed by atoms with Crippen LogP contribution in [0.25, 0.3) is 0 Å². The van der Waals surface area contributed by atoms with E-state index in [-0.39, 0.29) is 6.10 Å². The Labute approximate surface area is 127 Å². The number of aliphatic hydroxyl groups excluding tert-OH is 1. The van der Waals surface area contributed by atoms with Crippen LogP contribution >= 0.6 is 0 Å². The van der Waals surface area contributed by atoms with Gasteiger partial charge >= 0.3 is 0 Å². The number of nitrogens with two attached hydrogens (primary N) is 1. The molecule has 0 bridgehead atoms. The maximum absolute atomic E-state index is 9.72. The largest absolute Gasteiger partial charge is 0.393 e. The Morgan fingerprint density at radius 1 is 1.19 bits per heavy atom. The molecule has 1 aromatic rings. The lowest BCUT2D eigenvalue weighted by molar-refractivity contribution is 0.109. The van der Waals surface area contributed by atoms with E-state index < -0.39 is 0 Å². The van der Waals surface area contributed by atoms with Gasteiger partial charge in [-0.3, -0.25) is 0 Å². The molecule has 1 fully saturated rings. The van der Waals surface area contributed by atoms with Crippen molar-refractivity contribution in [1.29, 1.82) is 0 Å². The van der Waals surface area contributed by atoms with Crippen molar-refractivity contribution >= 4 is 5.82 Å². The first-order valence-electron chi connectivity index (χ1n) is 8.12. The van der Waals surface area contributed by atoms with Crippen LogP contribution in [0, 0.1) is 5.92 Å². The van der Waals surface area contributed by atoms with Crippen molar-refractivity contribution in [2.75, 3.05) is 18.0 Å². The van der Waals surface area contributed by atoms with Crippen molar-refractivity contribution in [3.05, 3.63) is 16.8 Å². The fraction of sp³-hybridized carbons (Fsp3) is 0.750. The standard InChI is InChI=1S/C16H28N4O/c1-4-13-14(10-17)16(19-18-15(13)5-2)20-8-6-12(7-9-20)11(3)21/h11-12,21H,4-10,17H2,1-3H3. The Hall–Kier alpha value is -1.20. The monoisotopic (exact) mass is 292 g/mol. The SMILES string of the molecule is CCc1nnc(N2CCC(C(C)O)CC2)c(CN)c1CC. The number of hydrogen-bond donors (Lipinski definition) is 2. The van der Waals surface area contributed by atoms with Crippen molar-refractivity contribution in [2.45, 2.75) is 59.1 Å². The fourth-order valence-electron chi connectivity index (χ4n) is 3.30. The lowest BCUT2D eigenvalue weighted by Gasteiger charge is -2.35. The zero-order valence-electron chi connectivity index (χ0n) is 13.5. The maximum Gasteiger partial charge on any atom is 0.156 e. The summed E-state index contributed by atoms with van der Waals surface area (Å²) in [5.41, 5.74) is 9.49. The smallest absolute Gasteiger partial charge is 0.156 e. The molecule has 3 N–H and O–H groups in total. The maximum atomic E-state index is 9.72. The number of aryl methyl sites for hydroxylation is 1. The Morgan fingerprint density at radius 2 is 1.86 bits per heavy atom. The van der Waals surface area contributed by atoms with Crippen molar-refractivity contribution in [1.82, 2.24) is 10.2 Å². The van der Waals surface area contributed by atoms with Crippen molar-refractivity contribution in [3.8, 4) is 0 Å². The minimum atomic E-state index is -0.221. The van der Waals surface area contributed by atoms with Gasteiger partial charge in [-0.25, -0.2) is 0 Å². The molecule has 1 saturated heterocycles. The Bertz CT molecular complexity index is 468. The molecule has 0 saturated carbocycles. The van der Waals surface area contributed by atoms with Gasteiger partial charge < -0.3 is 15.7 Å². The van der Waals surface area contributed by atoms with E-state index in [9.17, 15) is 5.11 Å². The van der Waals surface area contributed by atoms with Gasteiger partial charge in [0.05, 0.1) is 11.8 Å². The third kappa shape index (κ3) is 3.35. The molecule has 0 aromatic carbocycles. The predicted molar refractivity (Wildman–Crippen MR) is 85.3 cm³/mol. The lowest BCUT2D eigenvalue weighted by Crippen LogP contribution is -2.38. The highest BCUT2D eigenvalue weighted by molar-refractivity contribution is 5.51. The predicted octanol–water partition coefficient (Wildman–Crippen LogP) is 1.66. The van der Waals surface area contributed by atoms with Crippen LogP contribution in [0.5, 0.6) is 0 Å². The van der Waals surface area contributed by atoms with Crippen LogP contribution in [-0.2, 0) is 19.4 Å². The zero-order valence-corrected chi connectivity index (χ0v) is 13.5. The summed E-state index contributed by atoms with van der Waals surface area (Å²) in [6.07, 6.45) is 3.62. The van der Waals surface area contributed by atoms with Gasteiger partial charge in [-0.15, -0.1) is 5.10 Å². The summed E-state index contributed by atoms with van der Waals surface area (Å²) in [6.45, 7) is 8.50. The summed E-state index contributed by atoms with van der Waals surface area (Å²) >= 11 is 0. The molecule has 5 heteroatoms. The van der Waals surface area contributed by atoms with Crippen molar-refractivity contribution in [3.63, 3.8) is 0 Å². The van der Waals surface area contributed by atoms with Gasteiger partial charge in [-0.1, -0.05) is 13.8 Å². The van der Waals surface area contributed by atoms with Crippen LogP contribution < -0.4 is 10.6 Å². The first-order valence-corrected chi connectivity index (χ1v) is 8.12. The van der Waals surface area contributed by atoms with Crippen molar-refractivity contribution in [2.24, 2.45) is 11.7 Å². The Kier molecular flexibility index (Phi) is 5.53. The third-order valence-corrected chi connectivity index (χ3v) is 4.66. The second-order valence-electron chi connectivity index (χ2n) is 5.90. The minimum Gasteiger partial charge on any atom is -0.393 e. The highest BCUT2D eigenvalue weighted by Crippen LogP contribution is 2.28. The number of nitrogens with zero attached hydrogens (tertiary/aromatic N) is 3. The summed E-state index contributed by atoms with van der Waals surface area (Å²) in [5, 5.41) is 18.6. The molecule has 1 aliphatic heterocycles. The van der Waals surface area contributed by atoms with E-state index in [4.69, 9.17) is 5.73 Å². The van der Waals surface area contributed by atoms with E-state index in [1.54, 1.807) is 0 Å². The zero-order chi connectivity index (χ0) is 15.4. The van der Waals surface area contributed by atoms with E-state index >= 15 is 0 Å². The molecule has 2 rings (SSSR count). The second kappa shape index (κ2) is 7.18. The molecule has 0 radical (unpaired) electrons. The van der Waals surface area contributed by atoms with Gasteiger partial charge in [0.25, 0.3) is 0 Å². The molecule has 0 aliphatic carbocycles. The number of piperidine rings is 1. The molecule has 0 amide bonds. The summed E-state index contributed by atoms with van der Waals surface area (Å²) in [5.74, 6) is 1.35. The molecule has 2 heterocycles. The van der Waals surface area contributed by atoms with Crippen LogP contribution in [0.3, 0.4) is 0 Å². The van der Waals surface area contributed by atoms with Gasteiger partial charge in [0.1, 0.15) is 0 Å². The van der Waals surface area contributed by atoms with Crippen LogP contribution in [0.2, 0.25) is 0 Å². The lowest BCUT2D eigenvalue weighted by atomic mass is 9.92. The Balaban J connectivity index is 2.24. The molecule has 1 aromatic heterocycles. The molecule has 1 atom stereocenters. The van der Waals surface area contributed by atoms with E-state index in [0.717, 1.165) is 55.8 Å². The fourth-order valence-corrected chi connectivity index (χ4v) is 3.30.